The van der Waals surface area contributed by atoms with Gasteiger partial charge in [0.1, 0.15) is 16.5 Å². The summed E-state index contributed by atoms with van der Waals surface area (Å²) >= 11 is 0. The fourth-order valence-electron chi connectivity index (χ4n) is 1.63. The molecular formula is C12H10F2N2O4S. The predicted octanol–water partition coefficient (Wildman–Crippen LogP) is 1.80. The Hall–Kier alpha value is -2.42. The van der Waals surface area contributed by atoms with Crippen LogP contribution >= 0.6 is 0 Å². The van der Waals surface area contributed by atoms with Gasteiger partial charge in [0.25, 0.3) is 10.0 Å². The van der Waals surface area contributed by atoms with Crippen LogP contribution in [-0.2, 0) is 17.1 Å². The smallest absolute Gasteiger partial charge is 0.338 e. The van der Waals surface area contributed by atoms with Crippen molar-refractivity contribution in [1.82, 2.24) is 4.57 Å². The third-order valence-corrected chi connectivity index (χ3v) is 4.00. The maximum absolute atomic E-state index is 13.6. The van der Waals surface area contributed by atoms with E-state index in [1.165, 1.54) is 23.0 Å². The molecule has 1 aromatic carbocycles. The molecule has 0 spiro atoms. The van der Waals surface area contributed by atoms with E-state index < -0.39 is 38.9 Å². The molecule has 2 rings (SSSR count). The van der Waals surface area contributed by atoms with Crippen LogP contribution in [0.4, 0.5) is 14.5 Å². The zero-order chi connectivity index (χ0) is 15.8. The number of hydrogen-bond acceptors (Lipinski definition) is 3. The van der Waals surface area contributed by atoms with E-state index in [0.717, 1.165) is 0 Å². The minimum absolute atomic E-state index is 0.134. The molecule has 0 atom stereocenters. The molecule has 9 heteroatoms. The molecule has 0 unspecified atom stereocenters. The van der Waals surface area contributed by atoms with Gasteiger partial charge >= 0.3 is 5.97 Å². The summed E-state index contributed by atoms with van der Waals surface area (Å²) < 4.78 is 54.2. The van der Waals surface area contributed by atoms with Crippen LogP contribution in [0.5, 0.6) is 0 Å². The molecular weight excluding hydrogens is 306 g/mol. The Morgan fingerprint density at radius 1 is 1.29 bits per heavy atom. The summed E-state index contributed by atoms with van der Waals surface area (Å²) in [6, 6.07) is 2.18. The molecule has 0 radical (unpaired) electrons. The Morgan fingerprint density at radius 2 is 1.95 bits per heavy atom. The van der Waals surface area contributed by atoms with Crippen molar-refractivity contribution in [1.29, 1.82) is 0 Å². The summed E-state index contributed by atoms with van der Waals surface area (Å²) in [5, 5.41) is 8.76. The first-order chi connectivity index (χ1) is 9.70. The second-order valence-corrected chi connectivity index (χ2v) is 5.92. The van der Waals surface area contributed by atoms with Crippen molar-refractivity contribution in [3.8, 4) is 0 Å². The van der Waals surface area contributed by atoms with Crippen molar-refractivity contribution in [3.63, 3.8) is 0 Å². The van der Waals surface area contributed by atoms with E-state index in [1.54, 1.807) is 7.05 Å². The van der Waals surface area contributed by atoms with Gasteiger partial charge in [0.05, 0.1) is 11.3 Å². The van der Waals surface area contributed by atoms with Crippen LogP contribution in [0.25, 0.3) is 0 Å². The number of nitrogens with one attached hydrogen (secondary N) is 1. The van der Waals surface area contributed by atoms with E-state index in [-0.39, 0.29) is 4.90 Å². The highest BCUT2D eigenvalue weighted by molar-refractivity contribution is 7.92. The van der Waals surface area contributed by atoms with E-state index in [2.05, 4.69) is 0 Å². The van der Waals surface area contributed by atoms with Gasteiger partial charge in [-0.05, 0) is 12.1 Å². The third kappa shape index (κ3) is 3.02. The number of aromatic nitrogens is 1. The minimum atomic E-state index is -4.10. The quantitative estimate of drug-likeness (QED) is 0.900. The zero-order valence-corrected chi connectivity index (χ0v) is 11.5. The summed E-state index contributed by atoms with van der Waals surface area (Å²) in [5.41, 5.74) is -1.47. The van der Waals surface area contributed by atoms with Crippen molar-refractivity contribution in [2.75, 3.05) is 4.72 Å². The van der Waals surface area contributed by atoms with Gasteiger partial charge in [0.2, 0.25) is 0 Å². The van der Waals surface area contributed by atoms with Gasteiger partial charge in [0.15, 0.2) is 0 Å². The molecule has 0 saturated heterocycles. The Morgan fingerprint density at radius 3 is 2.48 bits per heavy atom. The maximum atomic E-state index is 13.6. The van der Waals surface area contributed by atoms with Crippen LogP contribution < -0.4 is 4.72 Å². The summed E-state index contributed by atoms with van der Waals surface area (Å²) in [4.78, 5) is 10.6. The van der Waals surface area contributed by atoms with E-state index >= 15 is 0 Å². The largest absolute Gasteiger partial charge is 0.478 e. The van der Waals surface area contributed by atoms with Crippen LogP contribution in [0.1, 0.15) is 10.4 Å². The molecule has 1 aromatic heterocycles. The van der Waals surface area contributed by atoms with Crippen LogP contribution in [0, 0.1) is 11.6 Å². The molecule has 0 aliphatic carbocycles. The lowest BCUT2D eigenvalue weighted by molar-refractivity contribution is 0.0692. The highest BCUT2D eigenvalue weighted by atomic mass is 32.2. The van der Waals surface area contributed by atoms with Gasteiger partial charge in [-0.1, -0.05) is 0 Å². The fourth-order valence-corrected chi connectivity index (χ4v) is 2.74. The lowest BCUT2D eigenvalue weighted by atomic mass is 10.2. The maximum Gasteiger partial charge on any atom is 0.338 e. The van der Waals surface area contributed by atoms with Crippen molar-refractivity contribution in [2.24, 2.45) is 7.05 Å². The van der Waals surface area contributed by atoms with Gasteiger partial charge in [0, 0.05) is 25.5 Å². The highest BCUT2D eigenvalue weighted by Crippen LogP contribution is 2.23. The molecule has 1 heterocycles. The van der Waals surface area contributed by atoms with Crippen LogP contribution in [-0.4, -0.2) is 24.1 Å². The minimum Gasteiger partial charge on any atom is -0.478 e. The topological polar surface area (TPSA) is 88.4 Å². The van der Waals surface area contributed by atoms with E-state index in [1.807, 2.05) is 4.72 Å². The van der Waals surface area contributed by atoms with Crippen molar-refractivity contribution in [2.45, 2.75) is 4.90 Å². The van der Waals surface area contributed by atoms with Crippen LogP contribution in [0.15, 0.2) is 35.5 Å². The molecule has 2 aromatic rings. The van der Waals surface area contributed by atoms with Gasteiger partial charge in [-0.3, -0.25) is 4.72 Å². The molecule has 112 valence electrons. The number of rotatable bonds is 4. The van der Waals surface area contributed by atoms with Crippen LogP contribution in [0.2, 0.25) is 0 Å². The number of aryl methyl sites for hydroxylation is 1. The number of anilines is 1. The normalized spacial score (nSPS) is 11.4. The second-order valence-electron chi connectivity index (χ2n) is 4.24. The molecule has 0 aliphatic heterocycles. The Labute approximate surface area is 118 Å². The highest BCUT2D eigenvalue weighted by Gasteiger charge is 2.21. The second kappa shape index (κ2) is 5.17. The molecule has 0 aliphatic rings. The van der Waals surface area contributed by atoms with E-state index in [4.69, 9.17) is 5.11 Å². The number of sulfonamides is 1. The molecule has 0 fully saturated rings. The number of benzene rings is 1. The number of halogens is 2. The summed E-state index contributed by atoms with van der Waals surface area (Å²) in [6.07, 6.45) is 2.75. The molecule has 6 nitrogen and oxygen atoms in total. The Balaban J connectivity index is 2.44. The van der Waals surface area contributed by atoms with Crippen molar-refractivity contribution >= 4 is 21.7 Å². The van der Waals surface area contributed by atoms with Crippen LogP contribution in [0.3, 0.4) is 0 Å². The van der Waals surface area contributed by atoms with Gasteiger partial charge < -0.3 is 9.67 Å². The molecule has 0 amide bonds. The SMILES string of the molecule is Cn1ccc(S(=O)(=O)Nc2cc(C(=O)O)c(F)cc2F)c1. The summed E-state index contributed by atoms with van der Waals surface area (Å²) in [6.45, 7) is 0. The predicted molar refractivity (Wildman–Crippen MR) is 69.5 cm³/mol. The fraction of sp³-hybridized carbons (Fsp3) is 0.0833. The number of carboxylic acid groups (broad SMARTS) is 1. The van der Waals surface area contributed by atoms with Gasteiger partial charge in [-0.15, -0.1) is 0 Å². The molecule has 0 bridgehead atoms. The number of carbonyl (C=O) groups is 1. The van der Waals surface area contributed by atoms with E-state index in [9.17, 15) is 22.0 Å². The van der Waals surface area contributed by atoms with Crippen molar-refractivity contribution < 1.29 is 27.1 Å². The first-order valence-corrected chi connectivity index (χ1v) is 7.06. The standard InChI is InChI=1S/C12H10F2N2O4S/c1-16-3-2-7(6-16)21(19,20)15-11-4-8(12(17)18)9(13)5-10(11)14/h2-6,15H,1H3,(H,17,18). The molecule has 21 heavy (non-hydrogen) atoms. The number of hydrogen-bond donors (Lipinski definition) is 2. The number of aromatic carboxylic acids is 1. The lowest BCUT2D eigenvalue weighted by Crippen LogP contribution is -2.14. The molecule has 0 saturated carbocycles. The van der Waals surface area contributed by atoms with Gasteiger partial charge in [-0.2, -0.15) is 0 Å². The van der Waals surface area contributed by atoms with Gasteiger partial charge in [-0.25, -0.2) is 22.0 Å². The number of carboxylic acids is 1. The average molecular weight is 316 g/mol. The Kier molecular flexibility index (Phi) is 3.69. The first kappa shape index (κ1) is 15.0. The lowest BCUT2D eigenvalue weighted by Gasteiger charge is -2.09. The van der Waals surface area contributed by atoms with E-state index in [0.29, 0.717) is 12.1 Å². The first-order valence-electron chi connectivity index (χ1n) is 5.58. The summed E-state index contributed by atoms with van der Waals surface area (Å²) in [7, 11) is -2.50. The monoisotopic (exact) mass is 316 g/mol. The Bertz CT molecular complexity index is 815. The summed E-state index contributed by atoms with van der Waals surface area (Å²) in [5.74, 6) is -4.13. The molecule has 2 N–H and O–H groups in total. The average Bonchev–Trinajstić information content (AvgIpc) is 2.79. The zero-order valence-electron chi connectivity index (χ0n) is 10.7. The third-order valence-electron chi connectivity index (χ3n) is 2.65. The number of nitrogens with zero attached hydrogens (tertiary/aromatic N) is 1. The van der Waals surface area contributed by atoms with Crippen molar-refractivity contribution in [3.05, 3.63) is 47.8 Å².